The zero-order chi connectivity index (χ0) is 21.4. The van der Waals surface area contributed by atoms with E-state index < -0.39 is 0 Å². The van der Waals surface area contributed by atoms with E-state index in [1.54, 1.807) is 0 Å². The molecule has 0 bridgehead atoms. The number of nitrogens with one attached hydrogen (secondary N) is 1. The fraction of sp³-hybridized carbons (Fsp3) is 0.565. The first-order valence-electron chi connectivity index (χ1n) is 10.8. The van der Waals surface area contributed by atoms with Crippen molar-refractivity contribution in [1.82, 2.24) is 20.1 Å². The number of guanidine groups is 1. The molecule has 172 valence electrons. The first-order valence-corrected chi connectivity index (χ1v) is 10.8. The first kappa shape index (κ1) is 25.5. The Balaban J connectivity index is 0.00000341. The summed E-state index contributed by atoms with van der Waals surface area (Å²) in [6.45, 7) is 15.2. The van der Waals surface area contributed by atoms with Gasteiger partial charge in [0.05, 0.1) is 6.20 Å². The van der Waals surface area contributed by atoms with Gasteiger partial charge in [0.15, 0.2) is 5.96 Å². The second-order valence-corrected chi connectivity index (χ2v) is 8.53. The van der Waals surface area contributed by atoms with E-state index in [1.165, 1.54) is 0 Å². The number of ether oxygens (including phenoxy) is 1. The minimum atomic E-state index is -0.0417. The highest BCUT2D eigenvalue weighted by molar-refractivity contribution is 14.0. The van der Waals surface area contributed by atoms with Crippen molar-refractivity contribution in [2.24, 2.45) is 4.99 Å². The predicted octanol–water partition coefficient (Wildman–Crippen LogP) is 3.75. The first-order chi connectivity index (χ1) is 14.5. The zero-order valence-corrected chi connectivity index (χ0v) is 21.5. The van der Waals surface area contributed by atoms with Crippen molar-refractivity contribution in [3.05, 3.63) is 48.2 Å². The number of halogens is 1. The van der Waals surface area contributed by atoms with Gasteiger partial charge in [-0.15, -0.1) is 24.0 Å². The molecule has 0 saturated carbocycles. The number of aliphatic imine (C=N–C) groups is 1. The number of aromatic nitrogens is 1. The lowest BCUT2D eigenvalue weighted by atomic mass is 9.94. The predicted molar refractivity (Wildman–Crippen MR) is 135 cm³/mol. The van der Waals surface area contributed by atoms with Gasteiger partial charge in [0.2, 0.25) is 5.89 Å². The number of hydrogen-bond acceptors (Lipinski definition) is 5. The summed E-state index contributed by atoms with van der Waals surface area (Å²) in [6.07, 6.45) is 1.81. The van der Waals surface area contributed by atoms with E-state index in [0.29, 0.717) is 19.0 Å². The summed E-state index contributed by atoms with van der Waals surface area (Å²) in [5.41, 5.74) is -0.0417. The summed E-state index contributed by atoms with van der Waals surface area (Å²) in [7, 11) is 0. The Bertz CT molecular complexity index is 796. The van der Waals surface area contributed by atoms with Crippen LogP contribution in [0, 0.1) is 0 Å². The van der Waals surface area contributed by atoms with Crippen LogP contribution in [0.15, 0.2) is 45.9 Å². The highest BCUT2D eigenvalue weighted by Crippen LogP contribution is 2.22. The molecule has 1 aromatic heterocycles. The van der Waals surface area contributed by atoms with E-state index in [4.69, 9.17) is 14.1 Å². The molecule has 3 rings (SSSR count). The zero-order valence-electron chi connectivity index (χ0n) is 19.1. The number of rotatable bonds is 7. The summed E-state index contributed by atoms with van der Waals surface area (Å²) in [6, 6.07) is 9.99. The molecule has 8 heteroatoms. The number of hydrogen-bond donors (Lipinski definition) is 1. The third-order valence-corrected chi connectivity index (χ3v) is 5.08. The van der Waals surface area contributed by atoms with Crippen molar-refractivity contribution in [1.29, 1.82) is 0 Å². The largest absolute Gasteiger partial charge is 0.492 e. The van der Waals surface area contributed by atoms with Crippen LogP contribution in [0.25, 0.3) is 0 Å². The van der Waals surface area contributed by atoms with Crippen molar-refractivity contribution in [3.63, 3.8) is 0 Å². The van der Waals surface area contributed by atoms with Crippen molar-refractivity contribution in [2.75, 3.05) is 45.9 Å². The maximum atomic E-state index is 5.88. The second-order valence-electron chi connectivity index (χ2n) is 8.53. The van der Waals surface area contributed by atoms with E-state index in [2.05, 4.69) is 47.8 Å². The van der Waals surface area contributed by atoms with Gasteiger partial charge in [-0.2, -0.15) is 0 Å². The second kappa shape index (κ2) is 12.3. The van der Waals surface area contributed by atoms with Crippen LogP contribution in [-0.2, 0) is 12.0 Å². The van der Waals surface area contributed by atoms with E-state index in [1.807, 2.05) is 36.5 Å². The maximum absolute atomic E-state index is 5.88. The van der Waals surface area contributed by atoms with E-state index in [-0.39, 0.29) is 29.4 Å². The van der Waals surface area contributed by atoms with Gasteiger partial charge in [0, 0.05) is 44.7 Å². The fourth-order valence-corrected chi connectivity index (χ4v) is 3.29. The average Bonchev–Trinajstić information content (AvgIpc) is 3.22. The lowest BCUT2D eigenvalue weighted by molar-refractivity contribution is 0.152. The Labute approximate surface area is 203 Å². The van der Waals surface area contributed by atoms with Crippen molar-refractivity contribution in [3.8, 4) is 5.75 Å². The van der Waals surface area contributed by atoms with Crippen molar-refractivity contribution in [2.45, 2.75) is 39.7 Å². The van der Waals surface area contributed by atoms with Gasteiger partial charge in [-0.25, -0.2) is 9.98 Å². The molecule has 1 N–H and O–H groups in total. The van der Waals surface area contributed by atoms with E-state index >= 15 is 0 Å². The molecule has 0 spiro atoms. The Morgan fingerprint density at radius 3 is 2.48 bits per heavy atom. The number of piperazine rings is 1. The summed E-state index contributed by atoms with van der Waals surface area (Å²) >= 11 is 0. The Morgan fingerprint density at radius 2 is 1.87 bits per heavy atom. The summed E-state index contributed by atoms with van der Waals surface area (Å²) in [4.78, 5) is 13.9. The topological polar surface area (TPSA) is 66.1 Å². The molecule has 2 heterocycles. The van der Waals surface area contributed by atoms with Gasteiger partial charge in [-0.3, -0.25) is 4.90 Å². The van der Waals surface area contributed by atoms with Gasteiger partial charge in [-0.05, 0) is 19.1 Å². The van der Waals surface area contributed by atoms with Crippen LogP contribution in [0.2, 0.25) is 0 Å². The molecule has 1 fully saturated rings. The van der Waals surface area contributed by atoms with Crippen LogP contribution in [0.4, 0.5) is 0 Å². The lowest BCUT2D eigenvalue weighted by Gasteiger charge is -2.36. The fourth-order valence-electron chi connectivity index (χ4n) is 3.29. The molecule has 2 aromatic rings. The molecule has 0 radical (unpaired) electrons. The number of nitrogens with zero attached hydrogens (tertiary/aromatic N) is 4. The Kier molecular flexibility index (Phi) is 10.1. The van der Waals surface area contributed by atoms with Crippen molar-refractivity contribution < 1.29 is 9.15 Å². The highest BCUT2D eigenvalue weighted by atomic mass is 127. The highest BCUT2D eigenvalue weighted by Gasteiger charge is 2.21. The number of benzene rings is 1. The Hall–Kier alpha value is -1.81. The van der Waals surface area contributed by atoms with Crippen LogP contribution in [0.5, 0.6) is 5.75 Å². The Morgan fingerprint density at radius 1 is 1.16 bits per heavy atom. The molecular weight excluding hydrogens is 505 g/mol. The van der Waals surface area contributed by atoms with Gasteiger partial charge in [-0.1, -0.05) is 39.0 Å². The van der Waals surface area contributed by atoms with E-state index in [0.717, 1.165) is 56.7 Å². The van der Waals surface area contributed by atoms with Crippen LogP contribution in [0.1, 0.15) is 39.3 Å². The molecule has 0 amide bonds. The lowest BCUT2D eigenvalue weighted by Crippen LogP contribution is -2.53. The monoisotopic (exact) mass is 541 g/mol. The molecule has 0 unspecified atom stereocenters. The van der Waals surface area contributed by atoms with Gasteiger partial charge < -0.3 is 19.4 Å². The molecule has 1 saturated heterocycles. The molecule has 7 nitrogen and oxygen atoms in total. The van der Waals surface area contributed by atoms with E-state index in [9.17, 15) is 0 Å². The normalized spacial score (nSPS) is 15.5. The van der Waals surface area contributed by atoms with Crippen LogP contribution in [-0.4, -0.2) is 66.6 Å². The van der Waals surface area contributed by atoms with Crippen LogP contribution in [0.3, 0.4) is 0 Å². The molecular formula is C23H36IN5O2. The average molecular weight is 541 g/mol. The third kappa shape index (κ3) is 7.99. The van der Waals surface area contributed by atoms with Crippen LogP contribution < -0.4 is 10.1 Å². The third-order valence-electron chi connectivity index (χ3n) is 5.08. The summed E-state index contributed by atoms with van der Waals surface area (Å²) in [5.74, 6) is 3.41. The molecule has 1 aromatic carbocycles. The molecule has 0 atom stereocenters. The number of para-hydroxylation sites is 1. The van der Waals surface area contributed by atoms with Gasteiger partial charge in [0.25, 0.3) is 0 Å². The van der Waals surface area contributed by atoms with Crippen LogP contribution >= 0.6 is 24.0 Å². The quantitative estimate of drug-likeness (QED) is 0.327. The SMILES string of the molecule is CCNC(=NCc1ncc(C(C)(C)C)o1)N1CCN(CCOc2ccccc2)CC1.I. The van der Waals surface area contributed by atoms with Crippen molar-refractivity contribution >= 4 is 29.9 Å². The standard InChI is InChI=1S/C23H35N5O2.HI/c1-5-24-22(26-18-21-25-17-20(30-21)23(2,3)4)28-13-11-27(12-14-28)15-16-29-19-9-7-6-8-10-19;/h6-10,17H,5,11-16,18H2,1-4H3,(H,24,26);1H. The number of oxazole rings is 1. The molecule has 0 aliphatic carbocycles. The van der Waals surface area contributed by atoms with Gasteiger partial charge in [0.1, 0.15) is 24.7 Å². The molecule has 1 aliphatic heterocycles. The maximum Gasteiger partial charge on any atom is 0.216 e. The minimum absolute atomic E-state index is 0. The van der Waals surface area contributed by atoms with Gasteiger partial charge >= 0.3 is 0 Å². The smallest absolute Gasteiger partial charge is 0.216 e. The summed E-state index contributed by atoms with van der Waals surface area (Å²) in [5, 5.41) is 3.40. The minimum Gasteiger partial charge on any atom is -0.492 e. The molecule has 1 aliphatic rings. The molecule has 31 heavy (non-hydrogen) atoms. The summed E-state index contributed by atoms with van der Waals surface area (Å²) < 4.78 is 11.7.